The van der Waals surface area contributed by atoms with Gasteiger partial charge in [-0.2, -0.15) is 5.26 Å². The van der Waals surface area contributed by atoms with Crippen molar-refractivity contribution in [1.82, 2.24) is 0 Å². The highest BCUT2D eigenvalue weighted by Crippen LogP contribution is 1.59. The molecule has 0 aromatic rings. The zero-order valence-corrected chi connectivity index (χ0v) is 3.25. The molecule has 0 aliphatic rings. The fourth-order valence-electron chi connectivity index (χ4n) is 0.0630. The lowest BCUT2D eigenvalue weighted by molar-refractivity contribution is -0.493. The summed E-state index contributed by atoms with van der Waals surface area (Å²) in [6.45, 7) is 0. The Bertz CT molecular complexity index is 95.9. The van der Waals surface area contributed by atoms with E-state index in [9.17, 15) is 5.21 Å². The van der Waals surface area contributed by atoms with Gasteiger partial charge in [0.25, 0.3) is 6.19 Å². The first-order chi connectivity index (χ1) is 2.77. The zero-order chi connectivity index (χ0) is 4.99. The molecule has 0 radical (unpaired) electrons. The quantitative estimate of drug-likeness (QED) is 0.181. The maximum Gasteiger partial charge on any atom is 0.273 e. The van der Waals surface area contributed by atoms with Crippen molar-refractivity contribution in [3.8, 4) is 6.19 Å². The van der Waals surface area contributed by atoms with Gasteiger partial charge in [-0.3, -0.25) is 0 Å². The van der Waals surface area contributed by atoms with Crippen molar-refractivity contribution in [2.75, 3.05) is 7.05 Å². The first-order valence-electron chi connectivity index (χ1n) is 1.28. The highest BCUT2D eigenvalue weighted by atomic mass is 16.5. The van der Waals surface area contributed by atoms with Crippen molar-refractivity contribution < 1.29 is 4.86 Å². The highest BCUT2D eigenvalue weighted by molar-refractivity contribution is 4.53. The van der Waals surface area contributed by atoms with Gasteiger partial charge in [-0.05, 0) is 0 Å². The van der Waals surface area contributed by atoms with E-state index in [2.05, 4.69) is 5.11 Å². The standard InChI is InChI=1S/C2H3N3O/c1-5(6)4-2-3/h1H3. The second-order valence-electron chi connectivity index (χ2n) is 0.664. The van der Waals surface area contributed by atoms with Crippen LogP contribution in [0.15, 0.2) is 5.11 Å². The third-order valence-corrected chi connectivity index (χ3v) is 0.186. The van der Waals surface area contributed by atoms with Gasteiger partial charge in [-0.15, -0.1) is 0 Å². The van der Waals surface area contributed by atoms with Crippen LogP contribution >= 0.6 is 0 Å². The number of azo groups is 1. The molecule has 0 aromatic heterocycles. The average Bonchev–Trinajstić information content (AvgIpc) is 1.35. The Morgan fingerprint density at radius 2 is 2.50 bits per heavy atom. The molecule has 0 bridgehead atoms. The lowest BCUT2D eigenvalue weighted by Gasteiger charge is -1.80. The smallest absolute Gasteiger partial charge is 0.273 e. The maximum absolute atomic E-state index is 9.57. The molecule has 0 atom stereocenters. The molecule has 6 heavy (non-hydrogen) atoms. The Morgan fingerprint density at radius 3 is 2.50 bits per heavy atom. The van der Waals surface area contributed by atoms with Crippen LogP contribution < -0.4 is 0 Å². The fraction of sp³-hybridized carbons (Fsp3) is 0.500. The van der Waals surface area contributed by atoms with Crippen LogP contribution in [-0.4, -0.2) is 11.9 Å². The molecule has 0 N–H and O–H groups in total. The molecule has 0 unspecified atom stereocenters. The average molecular weight is 85.1 g/mol. The molecular weight excluding hydrogens is 82.0 g/mol. The summed E-state index contributed by atoms with van der Waals surface area (Å²) < 4.78 is 0. The molecule has 0 aromatic carbocycles. The summed E-state index contributed by atoms with van der Waals surface area (Å²) in [6, 6.07) is 0. The van der Waals surface area contributed by atoms with Crippen molar-refractivity contribution in [2.24, 2.45) is 5.11 Å². The second-order valence-corrected chi connectivity index (χ2v) is 0.664. The van der Waals surface area contributed by atoms with Crippen molar-refractivity contribution >= 4 is 0 Å². The van der Waals surface area contributed by atoms with Crippen LogP contribution in [0.2, 0.25) is 0 Å². The molecule has 32 valence electrons. The zero-order valence-electron chi connectivity index (χ0n) is 3.25. The SMILES string of the molecule is C[N+]([O-])=NC#N. The third-order valence-electron chi connectivity index (χ3n) is 0.186. The predicted molar refractivity (Wildman–Crippen MR) is 17.6 cm³/mol. The highest BCUT2D eigenvalue weighted by Gasteiger charge is 1.68. The normalized spacial score (nSPS) is 10.3. The van der Waals surface area contributed by atoms with E-state index in [4.69, 9.17) is 5.26 Å². The number of nitriles is 1. The van der Waals surface area contributed by atoms with E-state index in [-0.39, 0.29) is 4.86 Å². The molecule has 0 saturated carbocycles. The summed E-state index contributed by atoms with van der Waals surface area (Å²) in [5.74, 6) is 0. The summed E-state index contributed by atoms with van der Waals surface area (Å²) in [6.07, 6.45) is 1.31. The minimum Gasteiger partial charge on any atom is -0.599 e. The van der Waals surface area contributed by atoms with E-state index in [1.807, 2.05) is 0 Å². The molecule has 0 fully saturated rings. The van der Waals surface area contributed by atoms with E-state index in [0.717, 1.165) is 7.05 Å². The van der Waals surface area contributed by atoms with Crippen molar-refractivity contribution in [3.63, 3.8) is 0 Å². The molecule has 0 rings (SSSR count). The number of hydroxylamine groups is 1. The van der Waals surface area contributed by atoms with Crippen LogP contribution in [-0.2, 0) is 0 Å². The fourth-order valence-corrected chi connectivity index (χ4v) is 0.0630. The molecular formula is C2H3N3O. The van der Waals surface area contributed by atoms with E-state index in [1.165, 1.54) is 6.19 Å². The largest absolute Gasteiger partial charge is 0.599 e. The number of rotatable bonds is 0. The predicted octanol–water partition coefficient (Wildman–Crippen LogP) is 0.0598. The Morgan fingerprint density at radius 1 is 2.00 bits per heavy atom. The van der Waals surface area contributed by atoms with Crippen LogP contribution in [0.3, 0.4) is 0 Å². The minimum atomic E-state index is 0.194. The van der Waals surface area contributed by atoms with Crippen molar-refractivity contribution in [1.29, 1.82) is 5.26 Å². The van der Waals surface area contributed by atoms with Gasteiger partial charge in [0.15, 0.2) is 7.05 Å². The van der Waals surface area contributed by atoms with Crippen LogP contribution in [0.5, 0.6) is 0 Å². The first-order valence-corrected chi connectivity index (χ1v) is 1.28. The van der Waals surface area contributed by atoms with Crippen molar-refractivity contribution in [3.05, 3.63) is 5.21 Å². The summed E-state index contributed by atoms with van der Waals surface area (Å²) in [5.41, 5.74) is 0. The summed E-state index contributed by atoms with van der Waals surface area (Å²) in [7, 11) is 1.14. The molecule has 0 aliphatic heterocycles. The van der Waals surface area contributed by atoms with E-state index >= 15 is 0 Å². The van der Waals surface area contributed by atoms with Crippen molar-refractivity contribution in [2.45, 2.75) is 0 Å². The maximum atomic E-state index is 9.57. The Hall–Kier alpha value is -1.11. The molecule has 0 saturated heterocycles. The minimum absolute atomic E-state index is 0.194. The molecule has 4 nitrogen and oxygen atoms in total. The van der Waals surface area contributed by atoms with Crippen LogP contribution in [0.25, 0.3) is 0 Å². The van der Waals surface area contributed by atoms with Gasteiger partial charge in [-0.25, -0.2) is 0 Å². The van der Waals surface area contributed by atoms with Gasteiger partial charge in [0.05, 0.1) is 5.11 Å². The Kier molecular flexibility index (Phi) is 1.75. The Balaban J connectivity index is 3.51. The number of hydrogen-bond donors (Lipinski definition) is 0. The molecule has 4 heteroatoms. The van der Waals surface area contributed by atoms with Crippen LogP contribution in [0, 0.1) is 16.7 Å². The van der Waals surface area contributed by atoms with Gasteiger partial charge in [0, 0.05) is 0 Å². The number of hydrogen-bond acceptors (Lipinski definition) is 3. The van der Waals surface area contributed by atoms with Gasteiger partial charge < -0.3 is 5.21 Å². The third kappa shape index (κ3) is 2.89. The molecule has 0 amide bonds. The first kappa shape index (κ1) is 4.89. The second kappa shape index (κ2) is 2.15. The summed E-state index contributed by atoms with van der Waals surface area (Å²) in [5, 5.41) is 19.9. The summed E-state index contributed by atoms with van der Waals surface area (Å²) in [4.78, 5) is 0.194. The van der Waals surface area contributed by atoms with Gasteiger partial charge in [0.1, 0.15) is 0 Å². The topological polar surface area (TPSA) is 62.2 Å². The van der Waals surface area contributed by atoms with Crippen LogP contribution in [0.4, 0.5) is 0 Å². The number of nitrogens with zero attached hydrogens (tertiary/aromatic N) is 3. The molecule has 0 aliphatic carbocycles. The molecule has 0 spiro atoms. The van der Waals surface area contributed by atoms with Crippen LogP contribution in [0.1, 0.15) is 0 Å². The Labute approximate surface area is 34.9 Å². The van der Waals surface area contributed by atoms with Gasteiger partial charge in [-0.1, -0.05) is 4.86 Å². The summed E-state index contributed by atoms with van der Waals surface area (Å²) >= 11 is 0. The van der Waals surface area contributed by atoms with E-state index in [0.29, 0.717) is 0 Å². The lowest BCUT2D eigenvalue weighted by Crippen LogP contribution is -1.84. The van der Waals surface area contributed by atoms with E-state index in [1.54, 1.807) is 0 Å². The van der Waals surface area contributed by atoms with Gasteiger partial charge in [0.2, 0.25) is 0 Å². The van der Waals surface area contributed by atoms with Gasteiger partial charge >= 0.3 is 0 Å². The lowest BCUT2D eigenvalue weighted by atomic mass is 11.4. The molecule has 0 heterocycles. The van der Waals surface area contributed by atoms with E-state index < -0.39 is 0 Å². The monoisotopic (exact) mass is 85.0 g/mol.